The summed E-state index contributed by atoms with van der Waals surface area (Å²) in [6.45, 7) is 0. The molecule has 0 saturated heterocycles. The van der Waals surface area contributed by atoms with E-state index in [4.69, 9.17) is 11.6 Å². The van der Waals surface area contributed by atoms with Gasteiger partial charge < -0.3 is 0 Å². The molecule has 0 radical (unpaired) electrons. The zero-order valence-corrected chi connectivity index (χ0v) is 9.86. The second-order valence-corrected chi connectivity index (χ2v) is 4.14. The number of halogens is 5. The first-order chi connectivity index (χ1) is 7.50. The minimum atomic E-state index is -2.89. The van der Waals surface area contributed by atoms with Crippen LogP contribution in [0.4, 0.5) is 13.2 Å². The number of nitrogens with zero attached hydrogens (tertiary/aromatic N) is 2. The fourth-order valence-electron chi connectivity index (χ4n) is 1.24. The van der Waals surface area contributed by atoms with Crippen molar-refractivity contribution >= 4 is 38.4 Å². The summed E-state index contributed by atoms with van der Waals surface area (Å²) in [6, 6.07) is 2.53. The van der Waals surface area contributed by atoms with Crippen molar-refractivity contribution in [2.24, 2.45) is 0 Å². The Morgan fingerprint density at radius 2 is 1.94 bits per heavy atom. The Hall–Kier alpha value is -0.880. The lowest BCUT2D eigenvalue weighted by molar-refractivity contribution is 0.140. The molecule has 7 heteroatoms. The first-order valence-electron chi connectivity index (χ1n) is 4.10. The van der Waals surface area contributed by atoms with Crippen LogP contribution in [-0.2, 0) is 0 Å². The molecule has 0 aliphatic heterocycles. The monoisotopic (exact) mass is 310 g/mol. The van der Waals surface area contributed by atoms with Gasteiger partial charge in [-0.2, -0.15) is 0 Å². The SMILES string of the molecule is Fc1ccc(Br)c2c(Cl)nc(C(F)F)nc12. The Kier molecular flexibility index (Phi) is 3.03. The van der Waals surface area contributed by atoms with Gasteiger partial charge in [-0.05, 0) is 28.1 Å². The van der Waals surface area contributed by atoms with Gasteiger partial charge in [0.15, 0.2) is 5.82 Å². The topological polar surface area (TPSA) is 25.8 Å². The smallest absolute Gasteiger partial charge is 0.224 e. The molecule has 0 amide bonds. The number of alkyl halides is 2. The minimum Gasteiger partial charge on any atom is -0.224 e. The maximum Gasteiger partial charge on any atom is 0.297 e. The van der Waals surface area contributed by atoms with E-state index in [1.807, 2.05) is 0 Å². The van der Waals surface area contributed by atoms with Crippen LogP contribution in [0.1, 0.15) is 12.2 Å². The molecule has 16 heavy (non-hydrogen) atoms. The van der Waals surface area contributed by atoms with Gasteiger partial charge in [-0.15, -0.1) is 0 Å². The molecule has 0 aliphatic rings. The summed E-state index contributed by atoms with van der Waals surface area (Å²) in [7, 11) is 0. The molecule has 2 aromatic rings. The average molecular weight is 311 g/mol. The molecule has 1 heterocycles. The van der Waals surface area contributed by atoms with Crippen molar-refractivity contribution in [1.82, 2.24) is 9.97 Å². The number of rotatable bonds is 1. The molecular formula is C9H3BrClF3N2. The summed E-state index contributed by atoms with van der Waals surface area (Å²) >= 11 is 8.83. The fraction of sp³-hybridized carbons (Fsp3) is 0.111. The summed E-state index contributed by atoms with van der Waals surface area (Å²) < 4.78 is 38.6. The Morgan fingerprint density at radius 1 is 1.25 bits per heavy atom. The molecule has 0 atom stereocenters. The quantitative estimate of drug-likeness (QED) is 0.740. The highest BCUT2D eigenvalue weighted by Crippen LogP contribution is 2.31. The number of fused-ring (bicyclic) bond motifs is 1. The summed E-state index contributed by atoms with van der Waals surface area (Å²) in [5.41, 5.74) is -0.218. The van der Waals surface area contributed by atoms with Crippen molar-refractivity contribution in [2.45, 2.75) is 6.43 Å². The summed E-state index contributed by atoms with van der Waals surface area (Å²) in [6.07, 6.45) is -2.89. The van der Waals surface area contributed by atoms with Crippen LogP contribution in [0.15, 0.2) is 16.6 Å². The van der Waals surface area contributed by atoms with Gasteiger partial charge in [0.25, 0.3) is 6.43 Å². The first kappa shape index (κ1) is 11.6. The van der Waals surface area contributed by atoms with Gasteiger partial charge in [0.1, 0.15) is 16.5 Å². The summed E-state index contributed by atoms with van der Waals surface area (Å²) in [5, 5.41) is -0.0160. The molecule has 1 aromatic carbocycles. The van der Waals surface area contributed by atoms with E-state index in [-0.39, 0.29) is 16.1 Å². The molecule has 0 unspecified atom stereocenters. The molecule has 0 saturated carbocycles. The van der Waals surface area contributed by atoms with Gasteiger partial charge in [0.2, 0.25) is 0 Å². The third-order valence-corrected chi connectivity index (χ3v) is 2.85. The first-order valence-corrected chi connectivity index (χ1v) is 5.27. The lowest BCUT2D eigenvalue weighted by Gasteiger charge is -2.05. The maximum atomic E-state index is 13.4. The van der Waals surface area contributed by atoms with Crippen molar-refractivity contribution < 1.29 is 13.2 Å². The Bertz CT molecular complexity index is 562. The van der Waals surface area contributed by atoms with Gasteiger partial charge in [-0.3, -0.25) is 0 Å². The van der Waals surface area contributed by atoms with Crippen LogP contribution in [0.5, 0.6) is 0 Å². The lowest BCUT2D eigenvalue weighted by Crippen LogP contribution is -1.98. The largest absolute Gasteiger partial charge is 0.297 e. The van der Waals surface area contributed by atoms with E-state index in [0.717, 1.165) is 6.07 Å². The second kappa shape index (κ2) is 4.18. The highest BCUT2D eigenvalue weighted by Gasteiger charge is 2.17. The zero-order valence-electron chi connectivity index (χ0n) is 7.52. The van der Waals surface area contributed by atoms with Gasteiger partial charge in [-0.25, -0.2) is 23.1 Å². The lowest BCUT2D eigenvalue weighted by atomic mass is 10.2. The van der Waals surface area contributed by atoms with E-state index < -0.39 is 18.1 Å². The van der Waals surface area contributed by atoms with Gasteiger partial charge in [-0.1, -0.05) is 11.6 Å². The number of benzene rings is 1. The molecule has 0 bridgehead atoms. The van der Waals surface area contributed by atoms with Crippen molar-refractivity contribution in [3.05, 3.63) is 33.4 Å². The van der Waals surface area contributed by atoms with E-state index in [2.05, 4.69) is 25.9 Å². The van der Waals surface area contributed by atoms with E-state index in [1.165, 1.54) is 6.07 Å². The molecule has 2 rings (SSSR count). The minimum absolute atomic E-state index is 0.186. The Balaban J connectivity index is 2.86. The van der Waals surface area contributed by atoms with Crippen molar-refractivity contribution in [3.63, 3.8) is 0 Å². The summed E-state index contributed by atoms with van der Waals surface area (Å²) in [5.74, 6) is -1.50. The predicted molar refractivity (Wildman–Crippen MR) is 57.2 cm³/mol. The van der Waals surface area contributed by atoms with Crippen LogP contribution in [0.3, 0.4) is 0 Å². The van der Waals surface area contributed by atoms with E-state index >= 15 is 0 Å². The molecule has 0 aliphatic carbocycles. The number of aromatic nitrogens is 2. The Morgan fingerprint density at radius 3 is 2.56 bits per heavy atom. The molecule has 84 valence electrons. The van der Waals surface area contributed by atoms with E-state index in [0.29, 0.717) is 4.47 Å². The normalized spacial score (nSPS) is 11.4. The standard InChI is InChI=1S/C9H3BrClF3N2/c10-3-1-2-4(12)6-5(3)7(11)16-9(15-6)8(13)14/h1-2,8H. The van der Waals surface area contributed by atoms with Crippen LogP contribution in [-0.4, -0.2) is 9.97 Å². The zero-order chi connectivity index (χ0) is 11.9. The molecule has 0 spiro atoms. The third-order valence-electron chi connectivity index (χ3n) is 1.92. The highest BCUT2D eigenvalue weighted by atomic mass is 79.9. The number of hydrogen-bond donors (Lipinski definition) is 0. The van der Waals surface area contributed by atoms with Crippen molar-refractivity contribution in [2.75, 3.05) is 0 Å². The summed E-state index contributed by atoms with van der Waals surface area (Å²) in [4.78, 5) is 6.86. The molecular weight excluding hydrogens is 308 g/mol. The second-order valence-electron chi connectivity index (χ2n) is 2.93. The molecule has 0 N–H and O–H groups in total. The van der Waals surface area contributed by atoms with E-state index in [9.17, 15) is 13.2 Å². The van der Waals surface area contributed by atoms with Crippen LogP contribution in [0.2, 0.25) is 5.15 Å². The third kappa shape index (κ3) is 1.87. The van der Waals surface area contributed by atoms with Gasteiger partial charge in [0.05, 0.1) is 5.39 Å². The van der Waals surface area contributed by atoms with E-state index in [1.54, 1.807) is 0 Å². The van der Waals surface area contributed by atoms with Crippen molar-refractivity contribution in [3.8, 4) is 0 Å². The van der Waals surface area contributed by atoms with Crippen LogP contribution < -0.4 is 0 Å². The van der Waals surface area contributed by atoms with Gasteiger partial charge in [0, 0.05) is 4.47 Å². The average Bonchev–Trinajstić information content (AvgIpc) is 2.22. The van der Waals surface area contributed by atoms with Gasteiger partial charge >= 0.3 is 0 Å². The number of hydrogen-bond acceptors (Lipinski definition) is 2. The molecule has 0 fully saturated rings. The maximum absolute atomic E-state index is 13.4. The molecule has 2 nitrogen and oxygen atoms in total. The Labute approximate surface area is 102 Å². The van der Waals surface area contributed by atoms with Crippen LogP contribution in [0.25, 0.3) is 10.9 Å². The van der Waals surface area contributed by atoms with Crippen LogP contribution >= 0.6 is 27.5 Å². The van der Waals surface area contributed by atoms with Crippen molar-refractivity contribution in [1.29, 1.82) is 0 Å². The molecule has 1 aromatic heterocycles. The van der Waals surface area contributed by atoms with Crippen LogP contribution in [0, 0.1) is 5.82 Å². The predicted octanol–water partition coefficient (Wildman–Crippen LogP) is 4.12. The fourth-order valence-corrected chi connectivity index (χ4v) is 2.14. The highest BCUT2D eigenvalue weighted by molar-refractivity contribution is 9.10.